The Bertz CT molecular complexity index is 2090. The molecular formula is C47H61N7O8. The number of carboxylic acid groups (broad SMARTS) is 1. The maximum absolute atomic E-state index is 13.9. The van der Waals surface area contributed by atoms with Crippen LogP contribution >= 0.6 is 0 Å². The minimum absolute atomic E-state index is 0.0700. The Balaban J connectivity index is 1.16. The molecule has 15 nitrogen and oxygen atoms in total. The summed E-state index contributed by atoms with van der Waals surface area (Å²) in [5.74, 6) is -0.770. The van der Waals surface area contributed by atoms with Crippen molar-refractivity contribution in [3.63, 3.8) is 0 Å². The number of likely N-dealkylation sites (N-methyl/N-ethyl adjacent to an activating group) is 2. The number of carbonyl (C=O) groups is 4. The lowest BCUT2D eigenvalue weighted by molar-refractivity contribution is 0.0120. The Hall–Kier alpha value is -5.87. The number of carbonyl (C=O) groups excluding carboxylic acids is 3. The SMILES string of the molecule is CCN(CC)c1ccc(NC(=O)c2cccc(C(=O)N(C)CCN(C)CCOCCOCCOCCNC(=O)O)c2)c(-c2cc(C(=O)NC3CCCc4ccccc43)ccn2)c1. The van der Waals surface area contributed by atoms with Crippen LogP contribution in [0.15, 0.2) is 85.1 Å². The Labute approximate surface area is 364 Å². The highest BCUT2D eigenvalue weighted by molar-refractivity contribution is 6.08. The number of hydrogen-bond donors (Lipinski definition) is 4. The van der Waals surface area contributed by atoms with Gasteiger partial charge in [0.2, 0.25) is 0 Å². The Morgan fingerprint density at radius 1 is 0.758 bits per heavy atom. The van der Waals surface area contributed by atoms with E-state index in [4.69, 9.17) is 19.3 Å². The van der Waals surface area contributed by atoms with Crippen molar-refractivity contribution in [2.75, 3.05) is 103 Å². The van der Waals surface area contributed by atoms with Gasteiger partial charge in [0.25, 0.3) is 17.7 Å². The largest absolute Gasteiger partial charge is 0.465 e. The predicted molar refractivity (Wildman–Crippen MR) is 240 cm³/mol. The van der Waals surface area contributed by atoms with Crippen LogP contribution in [0.1, 0.15) is 74.9 Å². The van der Waals surface area contributed by atoms with Crippen molar-refractivity contribution in [1.29, 1.82) is 0 Å². The standard InChI is InChI=1S/C47H61N7O8/c1-5-54(6-2)38-17-18-42(40(33-38)43-32-36(19-20-48-43)45(56)50-41-16-10-12-34-11-7-8-15-39(34)41)51-44(55)35-13-9-14-37(31-35)46(57)53(4)23-22-52(3)24-26-61-28-30-62-29-27-60-25-21-49-47(58)59/h7-9,11,13-15,17-20,31-33,41,49H,5-6,10,12,16,21-30H2,1-4H3,(H,50,56)(H,51,55)(H,58,59). The van der Waals surface area contributed by atoms with Crippen molar-refractivity contribution in [2.45, 2.75) is 39.2 Å². The van der Waals surface area contributed by atoms with E-state index in [0.717, 1.165) is 43.6 Å². The molecule has 4 N–H and O–H groups in total. The molecule has 1 unspecified atom stereocenters. The number of fused-ring (bicyclic) bond motifs is 1. The number of benzene rings is 3. The number of aromatic nitrogens is 1. The summed E-state index contributed by atoms with van der Waals surface area (Å²) in [4.78, 5) is 62.0. The van der Waals surface area contributed by atoms with Crippen molar-refractivity contribution in [1.82, 2.24) is 25.4 Å². The van der Waals surface area contributed by atoms with E-state index in [1.807, 2.05) is 37.4 Å². The highest BCUT2D eigenvalue weighted by atomic mass is 16.5. The molecule has 62 heavy (non-hydrogen) atoms. The molecule has 1 aliphatic rings. The summed E-state index contributed by atoms with van der Waals surface area (Å²) in [5, 5.41) is 17.1. The molecule has 1 atom stereocenters. The molecule has 5 rings (SSSR count). The van der Waals surface area contributed by atoms with Gasteiger partial charge in [-0.2, -0.15) is 0 Å². The molecule has 0 fully saturated rings. The molecule has 4 aromatic rings. The van der Waals surface area contributed by atoms with E-state index in [0.29, 0.717) is 86.3 Å². The van der Waals surface area contributed by atoms with Gasteiger partial charge < -0.3 is 50.0 Å². The summed E-state index contributed by atoms with van der Waals surface area (Å²) in [6.07, 6.45) is 3.43. The molecule has 0 aliphatic heterocycles. The second kappa shape index (κ2) is 24.5. The summed E-state index contributed by atoms with van der Waals surface area (Å²) in [6, 6.07) is 24.2. The number of ether oxygens (including phenoxy) is 3. The maximum Gasteiger partial charge on any atom is 0.404 e. The first-order valence-electron chi connectivity index (χ1n) is 21.4. The van der Waals surface area contributed by atoms with Gasteiger partial charge in [-0.05, 0) is 99.8 Å². The quantitative estimate of drug-likeness (QED) is 0.0612. The molecule has 1 aliphatic carbocycles. The summed E-state index contributed by atoms with van der Waals surface area (Å²) in [5.41, 5.74) is 6.33. The molecule has 1 aromatic heterocycles. The van der Waals surface area contributed by atoms with Gasteiger partial charge in [-0.1, -0.05) is 30.3 Å². The summed E-state index contributed by atoms with van der Waals surface area (Å²) >= 11 is 0. The zero-order valence-electron chi connectivity index (χ0n) is 36.4. The molecule has 15 heteroatoms. The van der Waals surface area contributed by atoms with Crippen LogP contribution in [0, 0.1) is 0 Å². The van der Waals surface area contributed by atoms with E-state index in [2.05, 4.69) is 56.7 Å². The Morgan fingerprint density at radius 3 is 2.23 bits per heavy atom. The van der Waals surface area contributed by atoms with Gasteiger partial charge in [-0.3, -0.25) is 19.4 Å². The topological polar surface area (TPSA) is 175 Å². The molecule has 1 heterocycles. The first-order valence-corrected chi connectivity index (χ1v) is 21.4. The van der Waals surface area contributed by atoms with E-state index in [1.165, 1.54) is 5.56 Å². The minimum Gasteiger partial charge on any atom is -0.465 e. The van der Waals surface area contributed by atoms with Crippen LogP contribution in [0.25, 0.3) is 11.3 Å². The van der Waals surface area contributed by atoms with E-state index < -0.39 is 6.09 Å². The summed E-state index contributed by atoms with van der Waals surface area (Å²) in [7, 11) is 3.70. The number of hydrogen-bond acceptors (Lipinski definition) is 10. The molecule has 4 amide bonds. The van der Waals surface area contributed by atoms with E-state index in [1.54, 1.807) is 54.5 Å². The van der Waals surface area contributed by atoms with Gasteiger partial charge >= 0.3 is 6.09 Å². The summed E-state index contributed by atoms with van der Waals surface area (Å²) in [6.45, 7) is 10.1. The molecule has 3 aromatic carbocycles. The third-order valence-corrected chi connectivity index (χ3v) is 10.8. The molecule has 0 spiro atoms. The zero-order valence-corrected chi connectivity index (χ0v) is 36.4. The molecule has 332 valence electrons. The van der Waals surface area contributed by atoms with Crippen LogP contribution in [0.2, 0.25) is 0 Å². The van der Waals surface area contributed by atoms with Crippen molar-refractivity contribution in [3.05, 3.63) is 113 Å². The Kier molecular flexibility index (Phi) is 18.7. The highest BCUT2D eigenvalue weighted by Gasteiger charge is 2.23. The van der Waals surface area contributed by atoms with Gasteiger partial charge in [-0.25, -0.2) is 4.79 Å². The van der Waals surface area contributed by atoms with Gasteiger partial charge in [-0.15, -0.1) is 0 Å². The fourth-order valence-electron chi connectivity index (χ4n) is 7.24. The van der Waals surface area contributed by atoms with Gasteiger partial charge in [0.1, 0.15) is 0 Å². The Morgan fingerprint density at radius 2 is 1.47 bits per heavy atom. The van der Waals surface area contributed by atoms with Crippen LogP contribution < -0.4 is 20.9 Å². The predicted octanol–water partition coefficient (Wildman–Crippen LogP) is 5.98. The molecule has 0 saturated heterocycles. The van der Waals surface area contributed by atoms with Gasteiger partial charge in [0.15, 0.2) is 0 Å². The van der Waals surface area contributed by atoms with E-state index in [-0.39, 0.29) is 36.9 Å². The van der Waals surface area contributed by atoms with Crippen molar-refractivity contribution in [3.8, 4) is 11.3 Å². The van der Waals surface area contributed by atoms with Gasteiger partial charge in [0.05, 0.1) is 57.1 Å². The summed E-state index contributed by atoms with van der Waals surface area (Å²) < 4.78 is 16.4. The van der Waals surface area contributed by atoms with Crippen LogP contribution in [0.5, 0.6) is 0 Å². The normalized spacial score (nSPS) is 13.3. The van der Waals surface area contributed by atoms with Crippen LogP contribution in [0.4, 0.5) is 16.2 Å². The number of rotatable bonds is 24. The third-order valence-electron chi connectivity index (χ3n) is 10.8. The lowest BCUT2D eigenvalue weighted by Gasteiger charge is -2.26. The third kappa shape index (κ3) is 14.1. The lowest BCUT2D eigenvalue weighted by atomic mass is 9.87. The highest BCUT2D eigenvalue weighted by Crippen LogP contribution is 2.33. The fraction of sp³-hybridized carbons (Fsp3) is 0.426. The number of amides is 4. The average Bonchev–Trinajstić information content (AvgIpc) is 3.29. The average molecular weight is 852 g/mol. The number of nitrogens with one attached hydrogen (secondary N) is 3. The minimum atomic E-state index is -1.08. The number of pyridine rings is 1. The van der Waals surface area contributed by atoms with Crippen molar-refractivity contribution >= 4 is 35.2 Å². The van der Waals surface area contributed by atoms with E-state index in [9.17, 15) is 19.2 Å². The first kappa shape index (κ1) is 47.2. The van der Waals surface area contributed by atoms with Crippen molar-refractivity contribution in [2.24, 2.45) is 0 Å². The molecular weight excluding hydrogens is 791 g/mol. The number of nitrogens with zero attached hydrogens (tertiary/aromatic N) is 4. The molecule has 0 saturated carbocycles. The van der Waals surface area contributed by atoms with E-state index >= 15 is 0 Å². The molecule has 0 radical (unpaired) electrons. The second-order valence-corrected chi connectivity index (χ2v) is 15.1. The first-order chi connectivity index (χ1) is 30.1. The molecule has 0 bridgehead atoms. The number of anilines is 2. The van der Waals surface area contributed by atoms with Gasteiger partial charge in [0, 0.05) is 80.5 Å². The second-order valence-electron chi connectivity index (χ2n) is 15.1. The van der Waals surface area contributed by atoms with Crippen LogP contribution in [-0.4, -0.2) is 137 Å². The zero-order chi connectivity index (χ0) is 44.3. The fourth-order valence-corrected chi connectivity index (χ4v) is 7.24. The monoisotopic (exact) mass is 851 g/mol. The van der Waals surface area contributed by atoms with Crippen molar-refractivity contribution < 1.29 is 38.5 Å². The smallest absolute Gasteiger partial charge is 0.404 e. The number of aryl methyl sites for hydroxylation is 1. The van der Waals surface area contributed by atoms with Crippen LogP contribution in [0.3, 0.4) is 0 Å². The van der Waals surface area contributed by atoms with Crippen LogP contribution in [-0.2, 0) is 20.6 Å². The lowest BCUT2D eigenvalue weighted by Crippen LogP contribution is -2.36. The maximum atomic E-state index is 13.9.